The predicted molar refractivity (Wildman–Crippen MR) is 95.4 cm³/mol. The molecule has 0 unspecified atom stereocenters. The molecule has 0 radical (unpaired) electrons. The lowest BCUT2D eigenvalue weighted by atomic mass is 10.0. The van der Waals surface area contributed by atoms with Gasteiger partial charge in [0.2, 0.25) is 11.8 Å². The number of amides is 3. The van der Waals surface area contributed by atoms with Gasteiger partial charge in [-0.1, -0.05) is 13.8 Å². The van der Waals surface area contributed by atoms with Gasteiger partial charge in [-0.2, -0.15) is 0 Å². The van der Waals surface area contributed by atoms with Crippen LogP contribution in [-0.2, 0) is 33.4 Å². The molecule has 0 fully saturated rings. The van der Waals surface area contributed by atoms with Gasteiger partial charge in [0.05, 0.1) is 19.8 Å². The molecule has 10 nitrogen and oxygen atoms in total. The van der Waals surface area contributed by atoms with Crippen LogP contribution in [0.2, 0.25) is 0 Å². The van der Waals surface area contributed by atoms with Crippen LogP contribution in [0.15, 0.2) is 22.6 Å². The lowest BCUT2D eigenvalue weighted by Gasteiger charge is -2.20. The third-order valence-corrected chi connectivity index (χ3v) is 3.70. The quantitative estimate of drug-likeness (QED) is 0.593. The molecule has 0 saturated heterocycles. The standard InChI is InChI=1S/C18H24N2O8/c1-5-11(22)19-15-14(18(26)28-8-4)13(17(25)27-7-3)10(21)9-20(16(15)24)12(23)6-2/h21H,5-9H2,1-4H3,(H,19,22). The minimum absolute atomic E-state index is 0.0426. The molecule has 0 aromatic carbocycles. The monoisotopic (exact) mass is 396 g/mol. The van der Waals surface area contributed by atoms with Crippen LogP contribution in [0, 0.1) is 0 Å². The number of aliphatic hydroxyl groups is 1. The molecule has 0 aromatic rings. The van der Waals surface area contributed by atoms with E-state index >= 15 is 0 Å². The van der Waals surface area contributed by atoms with Gasteiger partial charge in [-0.15, -0.1) is 0 Å². The molecular weight excluding hydrogens is 372 g/mol. The Labute approximate surface area is 162 Å². The molecule has 0 aromatic heterocycles. The Kier molecular flexibility index (Phi) is 8.36. The van der Waals surface area contributed by atoms with Crippen molar-refractivity contribution in [1.29, 1.82) is 0 Å². The molecular formula is C18H24N2O8. The van der Waals surface area contributed by atoms with E-state index in [9.17, 15) is 29.1 Å². The van der Waals surface area contributed by atoms with Crippen molar-refractivity contribution in [3.63, 3.8) is 0 Å². The highest BCUT2D eigenvalue weighted by molar-refractivity contribution is 6.17. The Balaban J connectivity index is 3.81. The van der Waals surface area contributed by atoms with E-state index in [2.05, 4.69) is 5.32 Å². The summed E-state index contributed by atoms with van der Waals surface area (Å²) in [6.07, 6.45) is -0.128. The second-order valence-electron chi connectivity index (χ2n) is 5.55. The summed E-state index contributed by atoms with van der Waals surface area (Å²) in [5.41, 5.74) is -1.92. The van der Waals surface area contributed by atoms with E-state index in [0.717, 1.165) is 0 Å². The molecule has 2 N–H and O–H groups in total. The van der Waals surface area contributed by atoms with Crippen molar-refractivity contribution in [2.75, 3.05) is 19.8 Å². The summed E-state index contributed by atoms with van der Waals surface area (Å²) < 4.78 is 9.78. The van der Waals surface area contributed by atoms with E-state index in [-0.39, 0.29) is 26.1 Å². The molecule has 28 heavy (non-hydrogen) atoms. The number of imide groups is 1. The Morgan fingerprint density at radius 3 is 1.96 bits per heavy atom. The minimum atomic E-state index is -1.12. The van der Waals surface area contributed by atoms with E-state index in [1.54, 1.807) is 0 Å². The van der Waals surface area contributed by atoms with Gasteiger partial charge in [0.1, 0.15) is 22.6 Å². The first-order valence-corrected chi connectivity index (χ1v) is 8.88. The van der Waals surface area contributed by atoms with Crippen molar-refractivity contribution >= 4 is 29.7 Å². The second kappa shape index (κ2) is 10.2. The van der Waals surface area contributed by atoms with E-state index in [1.807, 2.05) is 0 Å². The van der Waals surface area contributed by atoms with E-state index in [0.29, 0.717) is 4.90 Å². The number of ether oxygens (including phenoxy) is 2. The topological polar surface area (TPSA) is 139 Å². The number of carbonyl (C=O) groups is 5. The second-order valence-corrected chi connectivity index (χ2v) is 5.55. The smallest absolute Gasteiger partial charge is 0.342 e. The molecule has 0 saturated carbocycles. The molecule has 1 heterocycles. The minimum Gasteiger partial charge on any atom is -0.509 e. The number of esters is 2. The maximum Gasteiger partial charge on any atom is 0.342 e. The fraction of sp³-hybridized carbons (Fsp3) is 0.500. The van der Waals surface area contributed by atoms with Crippen LogP contribution in [0.3, 0.4) is 0 Å². The average Bonchev–Trinajstić information content (AvgIpc) is 2.77. The van der Waals surface area contributed by atoms with Gasteiger partial charge >= 0.3 is 11.9 Å². The Hall–Kier alpha value is -3.17. The van der Waals surface area contributed by atoms with Gasteiger partial charge < -0.3 is 19.9 Å². The van der Waals surface area contributed by atoms with Gasteiger partial charge in [-0.05, 0) is 13.8 Å². The van der Waals surface area contributed by atoms with Crippen LogP contribution in [0.5, 0.6) is 0 Å². The zero-order chi connectivity index (χ0) is 21.4. The number of hydrogen-bond acceptors (Lipinski definition) is 8. The van der Waals surface area contributed by atoms with Crippen molar-refractivity contribution in [2.24, 2.45) is 0 Å². The largest absolute Gasteiger partial charge is 0.509 e. The summed E-state index contributed by atoms with van der Waals surface area (Å²) in [6, 6.07) is 0. The summed E-state index contributed by atoms with van der Waals surface area (Å²) in [4.78, 5) is 62.7. The van der Waals surface area contributed by atoms with E-state index in [1.165, 1.54) is 27.7 Å². The molecule has 1 aliphatic heterocycles. The molecule has 0 bridgehead atoms. The molecule has 1 rings (SSSR count). The summed E-state index contributed by atoms with van der Waals surface area (Å²) in [6.45, 7) is 5.19. The zero-order valence-corrected chi connectivity index (χ0v) is 16.3. The summed E-state index contributed by atoms with van der Waals surface area (Å²) in [5, 5.41) is 12.7. The zero-order valence-electron chi connectivity index (χ0n) is 16.3. The van der Waals surface area contributed by atoms with Crippen molar-refractivity contribution in [3.8, 4) is 0 Å². The van der Waals surface area contributed by atoms with E-state index in [4.69, 9.17) is 9.47 Å². The number of carbonyl (C=O) groups excluding carboxylic acids is 5. The van der Waals surface area contributed by atoms with Crippen molar-refractivity contribution in [1.82, 2.24) is 10.2 Å². The number of nitrogens with zero attached hydrogens (tertiary/aromatic N) is 1. The molecule has 0 atom stereocenters. The first-order valence-electron chi connectivity index (χ1n) is 8.88. The highest BCUT2D eigenvalue weighted by atomic mass is 16.5. The molecule has 10 heteroatoms. The molecule has 3 amide bonds. The third kappa shape index (κ3) is 4.96. The summed E-state index contributed by atoms with van der Waals surface area (Å²) in [7, 11) is 0. The predicted octanol–water partition coefficient (Wildman–Crippen LogP) is 0.484. The van der Waals surface area contributed by atoms with Crippen molar-refractivity contribution < 1.29 is 38.6 Å². The van der Waals surface area contributed by atoms with Gasteiger partial charge in [-0.25, -0.2) is 9.59 Å². The average molecular weight is 396 g/mol. The SMILES string of the molecule is CCOC(=O)C1=C(O)CN(C(=O)CC)C(=O)C(NC(=O)CC)=C1C(=O)OCC. The van der Waals surface area contributed by atoms with Crippen molar-refractivity contribution in [3.05, 3.63) is 22.6 Å². The number of aliphatic hydroxyl groups excluding tert-OH is 1. The first kappa shape index (κ1) is 22.9. The summed E-state index contributed by atoms with van der Waals surface area (Å²) >= 11 is 0. The Morgan fingerprint density at radius 2 is 1.50 bits per heavy atom. The summed E-state index contributed by atoms with van der Waals surface area (Å²) in [5.74, 6) is -5.29. The highest BCUT2D eigenvalue weighted by Gasteiger charge is 2.40. The van der Waals surface area contributed by atoms with Crippen LogP contribution in [-0.4, -0.2) is 59.4 Å². The van der Waals surface area contributed by atoms with Crippen LogP contribution in [0.25, 0.3) is 0 Å². The van der Waals surface area contributed by atoms with Crippen LogP contribution in [0.1, 0.15) is 40.5 Å². The maximum absolute atomic E-state index is 12.9. The van der Waals surface area contributed by atoms with Crippen molar-refractivity contribution in [2.45, 2.75) is 40.5 Å². The molecule has 0 aliphatic carbocycles. The number of nitrogens with one attached hydrogen (secondary N) is 1. The lowest BCUT2D eigenvalue weighted by molar-refractivity contribution is -0.144. The molecule has 154 valence electrons. The van der Waals surface area contributed by atoms with Gasteiger partial charge in [0.15, 0.2) is 0 Å². The Bertz CT molecular complexity index is 751. The molecule has 0 spiro atoms. The number of hydrogen-bond donors (Lipinski definition) is 2. The third-order valence-electron chi connectivity index (χ3n) is 3.70. The van der Waals surface area contributed by atoms with Crippen LogP contribution < -0.4 is 5.32 Å². The normalized spacial score (nSPS) is 14.6. The van der Waals surface area contributed by atoms with Gasteiger partial charge in [0, 0.05) is 12.8 Å². The Morgan fingerprint density at radius 1 is 0.964 bits per heavy atom. The van der Waals surface area contributed by atoms with Gasteiger partial charge in [0.25, 0.3) is 5.91 Å². The first-order chi connectivity index (χ1) is 13.2. The fourth-order valence-electron chi connectivity index (χ4n) is 2.38. The lowest BCUT2D eigenvalue weighted by Crippen LogP contribution is -2.42. The highest BCUT2D eigenvalue weighted by Crippen LogP contribution is 2.26. The van der Waals surface area contributed by atoms with E-state index < -0.39 is 58.8 Å². The fourth-order valence-corrected chi connectivity index (χ4v) is 2.38. The van der Waals surface area contributed by atoms with Gasteiger partial charge in [-0.3, -0.25) is 19.3 Å². The number of rotatable bonds is 7. The maximum atomic E-state index is 12.9. The van der Waals surface area contributed by atoms with Crippen LogP contribution >= 0.6 is 0 Å². The molecule has 1 aliphatic rings. The van der Waals surface area contributed by atoms with Crippen LogP contribution in [0.4, 0.5) is 0 Å².